The van der Waals surface area contributed by atoms with Gasteiger partial charge in [0.15, 0.2) is 0 Å². The van der Waals surface area contributed by atoms with E-state index in [0.29, 0.717) is 0 Å². The summed E-state index contributed by atoms with van der Waals surface area (Å²) in [6, 6.07) is -1.60. The van der Waals surface area contributed by atoms with Gasteiger partial charge in [-0.25, -0.2) is 9.59 Å². The number of nitrogens with one attached hydrogen (secondary N) is 1. The highest BCUT2D eigenvalue weighted by Gasteiger charge is 2.24. The van der Waals surface area contributed by atoms with Crippen molar-refractivity contribution >= 4 is 24.0 Å². The van der Waals surface area contributed by atoms with Crippen LogP contribution in [0, 0.1) is 0 Å². The minimum absolute atomic E-state index is 0.193. The Bertz CT molecular complexity index is 412. The highest BCUT2D eigenvalue weighted by atomic mass is 16.6. The van der Waals surface area contributed by atoms with Gasteiger partial charge < -0.3 is 25.0 Å². The Morgan fingerprint density at radius 3 is 2.14 bits per heavy atom. The lowest BCUT2D eigenvalue weighted by Crippen LogP contribution is -2.42. The van der Waals surface area contributed by atoms with E-state index in [2.05, 4.69) is 4.74 Å². The monoisotopic (exact) mass is 305 g/mol. The molecule has 0 unspecified atom stereocenters. The molecule has 0 aliphatic heterocycles. The molecule has 0 rings (SSSR count). The van der Waals surface area contributed by atoms with Crippen LogP contribution in [0.2, 0.25) is 0 Å². The van der Waals surface area contributed by atoms with Gasteiger partial charge in [0, 0.05) is 0 Å². The van der Waals surface area contributed by atoms with Crippen molar-refractivity contribution in [3.63, 3.8) is 0 Å². The van der Waals surface area contributed by atoms with Crippen LogP contribution >= 0.6 is 0 Å². The molecule has 21 heavy (non-hydrogen) atoms. The van der Waals surface area contributed by atoms with E-state index in [1.54, 1.807) is 20.8 Å². The van der Waals surface area contributed by atoms with Crippen molar-refractivity contribution in [1.29, 1.82) is 0 Å². The Morgan fingerprint density at radius 2 is 1.71 bits per heavy atom. The lowest BCUT2D eigenvalue weighted by Gasteiger charge is -2.19. The van der Waals surface area contributed by atoms with Gasteiger partial charge in [-0.1, -0.05) is 0 Å². The third-order valence-corrected chi connectivity index (χ3v) is 1.93. The first-order chi connectivity index (χ1) is 9.51. The summed E-state index contributed by atoms with van der Waals surface area (Å²) in [4.78, 5) is 43.7. The van der Waals surface area contributed by atoms with Crippen molar-refractivity contribution in [2.45, 2.75) is 45.3 Å². The number of amides is 1. The number of carbonyl (C=O) groups excluding carboxylic acids is 2. The average molecular weight is 305 g/mol. The molecule has 0 aromatic carbocycles. The number of carbonyl (C=O) groups is 4. The molecular formula is C12H19NO8. The van der Waals surface area contributed by atoms with Crippen LogP contribution < -0.4 is 5.32 Å². The lowest BCUT2D eigenvalue weighted by atomic mass is 10.2. The van der Waals surface area contributed by atoms with Crippen LogP contribution in [0.15, 0.2) is 0 Å². The first kappa shape index (κ1) is 18.7. The fraction of sp³-hybridized carbons (Fsp3) is 0.667. The van der Waals surface area contributed by atoms with Gasteiger partial charge in [0.1, 0.15) is 18.2 Å². The molecule has 0 bridgehead atoms. The smallest absolute Gasteiger partial charge is 0.407 e. The molecule has 0 aromatic rings. The van der Waals surface area contributed by atoms with Gasteiger partial charge in [-0.3, -0.25) is 9.59 Å². The molecule has 0 spiro atoms. The Morgan fingerprint density at radius 1 is 1.14 bits per heavy atom. The van der Waals surface area contributed by atoms with E-state index in [9.17, 15) is 19.2 Å². The molecule has 120 valence electrons. The number of carboxylic acid groups (broad SMARTS) is 2. The number of aliphatic carboxylic acids is 2. The van der Waals surface area contributed by atoms with Crippen LogP contribution in [0.1, 0.15) is 33.6 Å². The number of carboxylic acids is 2. The largest absolute Gasteiger partial charge is 0.481 e. The van der Waals surface area contributed by atoms with E-state index in [1.807, 2.05) is 5.32 Å². The normalized spacial score (nSPS) is 12.1. The van der Waals surface area contributed by atoms with Crippen LogP contribution in [0.3, 0.4) is 0 Å². The van der Waals surface area contributed by atoms with Gasteiger partial charge in [0.25, 0.3) is 0 Å². The summed E-state index contributed by atoms with van der Waals surface area (Å²) in [5, 5.41) is 19.1. The zero-order valence-corrected chi connectivity index (χ0v) is 12.0. The number of ether oxygens (including phenoxy) is 2. The molecule has 0 heterocycles. The summed E-state index contributed by atoms with van der Waals surface area (Å²) < 4.78 is 9.55. The average Bonchev–Trinajstić information content (AvgIpc) is 2.24. The van der Waals surface area contributed by atoms with E-state index in [-0.39, 0.29) is 13.0 Å². The molecule has 1 amide bonds. The highest BCUT2D eigenvalue weighted by Crippen LogP contribution is 2.08. The predicted molar refractivity (Wildman–Crippen MR) is 68.6 cm³/mol. The Labute approximate surface area is 121 Å². The van der Waals surface area contributed by atoms with Gasteiger partial charge in [0.05, 0.1) is 12.8 Å². The molecule has 0 aromatic heterocycles. The SMILES string of the molecule is CC(C)(C)OC(=O)CCOC(=O)N[C@@H](CC(=O)O)C(=O)O. The van der Waals surface area contributed by atoms with E-state index >= 15 is 0 Å². The van der Waals surface area contributed by atoms with Gasteiger partial charge in [-0.2, -0.15) is 0 Å². The second-order valence-corrected chi connectivity index (χ2v) is 5.11. The minimum Gasteiger partial charge on any atom is -0.481 e. The number of hydrogen-bond donors (Lipinski definition) is 3. The van der Waals surface area contributed by atoms with Crippen molar-refractivity contribution in [2.24, 2.45) is 0 Å². The molecule has 0 saturated carbocycles. The van der Waals surface area contributed by atoms with Crippen molar-refractivity contribution in [3.8, 4) is 0 Å². The second-order valence-electron chi connectivity index (χ2n) is 5.11. The zero-order chi connectivity index (χ0) is 16.6. The molecule has 0 radical (unpaired) electrons. The fourth-order valence-electron chi connectivity index (χ4n) is 1.18. The van der Waals surface area contributed by atoms with Crippen LogP contribution in [0.5, 0.6) is 0 Å². The molecule has 0 saturated heterocycles. The lowest BCUT2D eigenvalue weighted by molar-refractivity contribution is -0.155. The third kappa shape index (κ3) is 10.2. The summed E-state index contributed by atoms with van der Waals surface area (Å²) in [6.45, 7) is 4.74. The van der Waals surface area contributed by atoms with Crippen LogP contribution in [0.25, 0.3) is 0 Å². The van der Waals surface area contributed by atoms with Gasteiger partial charge in [-0.15, -0.1) is 0 Å². The number of hydrogen-bond acceptors (Lipinski definition) is 6. The standard InChI is InChI=1S/C12H19NO8/c1-12(2,3)21-9(16)4-5-20-11(19)13-7(10(17)18)6-8(14)15/h7H,4-6H2,1-3H3,(H,13,19)(H,14,15)(H,17,18)/t7-/m0/s1. The molecule has 0 aliphatic carbocycles. The fourth-order valence-corrected chi connectivity index (χ4v) is 1.18. The summed E-state index contributed by atoms with van der Waals surface area (Å²) in [6.07, 6.45) is -2.09. The van der Waals surface area contributed by atoms with Crippen molar-refractivity contribution in [2.75, 3.05) is 6.61 Å². The topological polar surface area (TPSA) is 139 Å². The Kier molecular flexibility index (Phi) is 7.18. The molecular weight excluding hydrogens is 286 g/mol. The maximum atomic E-state index is 11.3. The summed E-state index contributed by atoms with van der Waals surface area (Å²) in [5.41, 5.74) is -0.658. The first-order valence-corrected chi connectivity index (χ1v) is 6.11. The summed E-state index contributed by atoms with van der Waals surface area (Å²) >= 11 is 0. The Hall–Kier alpha value is -2.32. The number of rotatable bonds is 7. The number of alkyl carbamates (subject to hydrolysis) is 1. The summed E-state index contributed by atoms with van der Waals surface area (Å²) in [5.74, 6) is -3.45. The first-order valence-electron chi connectivity index (χ1n) is 6.11. The highest BCUT2D eigenvalue weighted by molar-refractivity contribution is 5.84. The minimum atomic E-state index is -1.60. The zero-order valence-electron chi connectivity index (χ0n) is 12.0. The molecule has 9 nitrogen and oxygen atoms in total. The maximum absolute atomic E-state index is 11.3. The van der Waals surface area contributed by atoms with Crippen LogP contribution in [-0.2, 0) is 23.9 Å². The molecule has 0 fully saturated rings. The predicted octanol–water partition coefficient (Wildman–Crippen LogP) is 0.372. The van der Waals surface area contributed by atoms with Crippen LogP contribution in [-0.4, -0.2) is 52.5 Å². The van der Waals surface area contributed by atoms with E-state index in [1.165, 1.54) is 0 Å². The van der Waals surface area contributed by atoms with Crippen molar-refractivity contribution < 1.29 is 38.9 Å². The second kappa shape index (κ2) is 8.08. The summed E-state index contributed by atoms with van der Waals surface area (Å²) in [7, 11) is 0. The quantitative estimate of drug-likeness (QED) is 0.573. The molecule has 1 atom stereocenters. The Balaban J connectivity index is 4.11. The van der Waals surface area contributed by atoms with E-state index < -0.39 is 42.1 Å². The van der Waals surface area contributed by atoms with Crippen molar-refractivity contribution in [1.82, 2.24) is 5.32 Å². The van der Waals surface area contributed by atoms with Crippen molar-refractivity contribution in [3.05, 3.63) is 0 Å². The molecule has 3 N–H and O–H groups in total. The maximum Gasteiger partial charge on any atom is 0.407 e. The third-order valence-electron chi connectivity index (χ3n) is 1.93. The van der Waals surface area contributed by atoms with E-state index in [4.69, 9.17) is 14.9 Å². The van der Waals surface area contributed by atoms with Gasteiger partial charge in [0.2, 0.25) is 0 Å². The van der Waals surface area contributed by atoms with Crippen LogP contribution in [0.4, 0.5) is 4.79 Å². The van der Waals surface area contributed by atoms with Gasteiger partial charge >= 0.3 is 24.0 Å². The molecule has 0 aliphatic rings. The van der Waals surface area contributed by atoms with E-state index in [0.717, 1.165) is 0 Å². The van der Waals surface area contributed by atoms with Gasteiger partial charge in [-0.05, 0) is 20.8 Å². The number of esters is 1. The molecule has 9 heteroatoms.